The van der Waals surface area contributed by atoms with Crippen molar-refractivity contribution in [1.82, 2.24) is 4.90 Å². The molecule has 1 aliphatic heterocycles. The summed E-state index contributed by atoms with van der Waals surface area (Å²) in [4.78, 5) is 23.4. The molecule has 1 unspecified atom stereocenters. The SMILES string of the molecule is CN(CC1CCCO1)C(=O)c1ccc(F)c([N+](=O)[O-])c1. The third-order valence-corrected chi connectivity index (χ3v) is 3.24. The maximum Gasteiger partial charge on any atom is 0.305 e. The van der Waals surface area contributed by atoms with Crippen LogP contribution in [0.1, 0.15) is 23.2 Å². The number of amides is 1. The number of hydrogen-bond donors (Lipinski definition) is 0. The van der Waals surface area contributed by atoms with E-state index >= 15 is 0 Å². The fourth-order valence-electron chi connectivity index (χ4n) is 2.18. The summed E-state index contributed by atoms with van der Waals surface area (Å²) in [6, 6.07) is 3.14. The molecule has 108 valence electrons. The fourth-order valence-corrected chi connectivity index (χ4v) is 2.18. The lowest BCUT2D eigenvalue weighted by Gasteiger charge is -2.20. The predicted octanol–water partition coefficient (Wildman–Crippen LogP) is 1.98. The monoisotopic (exact) mass is 282 g/mol. The molecule has 0 bridgehead atoms. The smallest absolute Gasteiger partial charge is 0.305 e. The molecule has 1 saturated heterocycles. The number of nitro benzene ring substituents is 1. The van der Waals surface area contributed by atoms with E-state index in [9.17, 15) is 19.3 Å². The lowest BCUT2D eigenvalue weighted by molar-refractivity contribution is -0.387. The highest BCUT2D eigenvalue weighted by Gasteiger charge is 2.23. The van der Waals surface area contributed by atoms with Crippen LogP contribution in [-0.2, 0) is 4.74 Å². The highest BCUT2D eigenvalue weighted by Crippen LogP contribution is 2.20. The largest absolute Gasteiger partial charge is 0.376 e. The molecule has 0 aromatic heterocycles. The third kappa shape index (κ3) is 3.11. The Labute approximate surface area is 115 Å². The molecule has 1 fully saturated rings. The average molecular weight is 282 g/mol. The first kappa shape index (κ1) is 14.4. The van der Waals surface area contributed by atoms with Crippen molar-refractivity contribution in [3.05, 3.63) is 39.7 Å². The van der Waals surface area contributed by atoms with Crippen molar-refractivity contribution in [3.63, 3.8) is 0 Å². The third-order valence-electron chi connectivity index (χ3n) is 3.24. The van der Waals surface area contributed by atoms with Gasteiger partial charge in [-0.1, -0.05) is 0 Å². The molecule has 1 atom stereocenters. The Kier molecular flexibility index (Phi) is 4.29. The molecule has 1 aliphatic rings. The van der Waals surface area contributed by atoms with Gasteiger partial charge in [0.05, 0.1) is 11.0 Å². The zero-order valence-corrected chi connectivity index (χ0v) is 11.0. The Bertz CT molecular complexity index is 529. The van der Waals surface area contributed by atoms with E-state index in [0.29, 0.717) is 13.2 Å². The summed E-state index contributed by atoms with van der Waals surface area (Å²) in [7, 11) is 1.60. The number of carbonyl (C=O) groups is 1. The maximum atomic E-state index is 13.2. The van der Waals surface area contributed by atoms with E-state index in [1.165, 1.54) is 11.0 Å². The molecule has 20 heavy (non-hydrogen) atoms. The van der Waals surface area contributed by atoms with Crippen molar-refractivity contribution in [2.75, 3.05) is 20.2 Å². The number of rotatable bonds is 4. The maximum absolute atomic E-state index is 13.2. The molecule has 1 aromatic carbocycles. The van der Waals surface area contributed by atoms with Gasteiger partial charge in [-0.2, -0.15) is 4.39 Å². The molecule has 0 aliphatic carbocycles. The number of nitrogens with zero attached hydrogens (tertiary/aromatic N) is 2. The van der Waals surface area contributed by atoms with Crippen molar-refractivity contribution < 1.29 is 18.8 Å². The van der Waals surface area contributed by atoms with Gasteiger partial charge in [-0.3, -0.25) is 14.9 Å². The summed E-state index contributed by atoms with van der Waals surface area (Å²) in [5.74, 6) is -1.34. The van der Waals surface area contributed by atoms with Gasteiger partial charge in [0, 0.05) is 31.8 Å². The predicted molar refractivity (Wildman–Crippen MR) is 69.0 cm³/mol. The van der Waals surface area contributed by atoms with Gasteiger partial charge in [-0.25, -0.2) is 0 Å². The van der Waals surface area contributed by atoms with Crippen molar-refractivity contribution in [2.45, 2.75) is 18.9 Å². The van der Waals surface area contributed by atoms with Gasteiger partial charge >= 0.3 is 5.69 Å². The average Bonchev–Trinajstić information content (AvgIpc) is 2.91. The van der Waals surface area contributed by atoms with Crippen LogP contribution in [0.15, 0.2) is 18.2 Å². The first-order chi connectivity index (χ1) is 9.49. The van der Waals surface area contributed by atoms with E-state index in [1.54, 1.807) is 7.05 Å². The topological polar surface area (TPSA) is 72.7 Å². The van der Waals surface area contributed by atoms with Gasteiger partial charge in [0.2, 0.25) is 5.82 Å². The Morgan fingerprint density at radius 3 is 2.95 bits per heavy atom. The van der Waals surface area contributed by atoms with Gasteiger partial charge < -0.3 is 9.64 Å². The molecule has 7 heteroatoms. The molecule has 0 saturated carbocycles. The normalized spacial score (nSPS) is 18.0. The van der Waals surface area contributed by atoms with Crippen LogP contribution >= 0.6 is 0 Å². The molecular weight excluding hydrogens is 267 g/mol. The van der Waals surface area contributed by atoms with Crippen LogP contribution in [0.25, 0.3) is 0 Å². The number of benzene rings is 1. The van der Waals surface area contributed by atoms with E-state index in [-0.39, 0.29) is 17.6 Å². The minimum atomic E-state index is -0.951. The first-order valence-electron chi connectivity index (χ1n) is 6.30. The standard InChI is InChI=1S/C13H15FN2O4/c1-15(8-10-3-2-6-20-10)13(17)9-4-5-11(14)12(7-9)16(18)19/h4-5,7,10H,2-3,6,8H2,1H3. The molecule has 0 spiro atoms. The zero-order chi connectivity index (χ0) is 14.7. The zero-order valence-electron chi connectivity index (χ0n) is 11.0. The number of nitro groups is 1. The van der Waals surface area contributed by atoms with Crippen molar-refractivity contribution in [1.29, 1.82) is 0 Å². The highest BCUT2D eigenvalue weighted by molar-refractivity contribution is 5.94. The first-order valence-corrected chi connectivity index (χ1v) is 6.30. The van der Waals surface area contributed by atoms with E-state index in [2.05, 4.69) is 0 Å². The molecule has 1 heterocycles. The van der Waals surface area contributed by atoms with Crippen LogP contribution in [0.4, 0.5) is 10.1 Å². The fraction of sp³-hybridized carbons (Fsp3) is 0.462. The van der Waals surface area contributed by atoms with Crippen LogP contribution in [0, 0.1) is 15.9 Å². The van der Waals surface area contributed by atoms with E-state index in [4.69, 9.17) is 4.74 Å². The second-order valence-electron chi connectivity index (χ2n) is 4.74. The Morgan fingerprint density at radius 2 is 2.35 bits per heavy atom. The number of carbonyl (C=O) groups excluding carboxylic acids is 1. The minimum Gasteiger partial charge on any atom is -0.376 e. The van der Waals surface area contributed by atoms with Gasteiger partial charge in [0.25, 0.3) is 5.91 Å². The molecule has 2 rings (SSSR count). The summed E-state index contributed by atoms with van der Waals surface area (Å²) in [5.41, 5.74) is -0.597. The van der Waals surface area contributed by atoms with Crippen LogP contribution in [0.5, 0.6) is 0 Å². The summed E-state index contributed by atoms with van der Waals surface area (Å²) >= 11 is 0. The lowest BCUT2D eigenvalue weighted by Crippen LogP contribution is -2.34. The van der Waals surface area contributed by atoms with Crippen LogP contribution in [0.2, 0.25) is 0 Å². The van der Waals surface area contributed by atoms with Gasteiger partial charge in [-0.15, -0.1) is 0 Å². The van der Waals surface area contributed by atoms with Crippen LogP contribution in [0.3, 0.4) is 0 Å². The van der Waals surface area contributed by atoms with E-state index in [0.717, 1.165) is 25.0 Å². The van der Waals surface area contributed by atoms with Gasteiger partial charge in [-0.05, 0) is 25.0 Å². The molecule has 0 N–H and O–H groups in total. The Balaban J connectivity index is 2.11. The number of hydrogen-bond acceptors (Lipinski definition) is 4. The van der Waals surface area contributed by atoms with Gasteiger partial charge in [0.1, 0.15) is 0 Å². The van der Waals surface area contributed by atoms with Crippen molar-refractivity contribution in [2.24, 2.45) is 0 Å². The summed E-state index contributed by atoms with van der Waals surface area (Å²) in [6.45, 7) is 1.11. The van der Waals surface area contributed by atoms with E-state index in [1.807, 2.05) is 0 Å². The molecular formula is C13H15FN2O4. The summed E-state index contributed by atoms with van der Waals surface area (Å²) in [5, 5.41) is 10.7. The molecule has 6 nitrogen and oxygen atoms in total. The summed E-state index contributed by atoms with van der Waals surface area (Å²) in [6.07, 6.45) is 1.86. The van der Waals surface area contributed by atoms with E-state index < -0.39 is 16.4 Å². The second-order valence-corrected chi connectivity index (χ2v) is 4.74. The van der Waals surface area contributed by atoms with Crippen LogP contribution < -0.4 is 0 Å². The Hall–Kier alpha value is -2.02. The minimum absolute atomic E-state index is 0.000570. The highest BCUT2D eigenvalue weighted by atomic mass is 19.1. The lowest BCUT2D eigenvalue weighted by atomic mass is 10.1. The molecule has 0 radical (unpaired) electrons. The number of ether oxygens (including phenoxy) is 1. The molecule has 1 aromatic rings. The number of likely N-dealkylation sites (N-methyl/N-ethyl adjacent to an activating group) is 1. The van der Waals surface area contributed by atoms with Crippen LogP contribution in [-0.4, -0.2) is 42.0 Å². The quantitative estimate of drug-likeness (QED) is 0.625. The number of halogens is 1. The van der Waals surface area contributed by atoms with Gasteiger partial charge in [0.15, 0.2) is 0 Å². The van der Waals surface area contributed by atoms with Crippen molar-refractivity contribution >= 4 is 11.6 Å². The Morgan fingerprint density at radius 1 is 1.60 bits per heavy atom. The summed E-state index contributed by atoms with van der Waals surface area (Å²) < 4.78 is 18.7. The second kappa shape index (κ2) is 5.96. The van der Waals surface area contributed by atoms with Crippen molar-refractivity contribution in [3.8, 4) is 0 Å². The molecule has 1 amide bonds.